The summed E-state index contributed by atoms with van der Waals surface area (Å²) < 4.78 is 0. The lowest BCUT2D eigenvalue weighted by Gasteiger charge is -2.17. The molecule has 1 aromatic rings. The lowest BCUT2D eigenvalue weighted by Crippen LogP contribution is -2.39. The minimum Gasteiger partial charge on any atom is -0.353 e. The SMILES string of the molecule is Cc1ccc(N2CC[C@@H](C(=O)NC(C)C)C2=O)cc1. The first-order chi connectivity index (χ1) is 8.99. The summed E-state index contributed by atoms with van der Waals surface area (Å²) in [5.41, 5.74) is 2.03. The first-order valence-corrected chi connectivity index (χ1v) is 6.67. The number of benzene rings is 1. The van der Waals surface area contributed by atoms with Crippen LogP contribution < -0.4 is 10.2 Å². The predicted octanol–water partition coefficient (Wildman–Crippen LogP) is 1.87. The Kier molecular flexibility index (Phi) is 3.88. The van der Waals surface area contributed by atoms with E-state index in [1.165, 1.54) is 0 Å². The maximum Gasteiger partial charge on any atom is 0.239 e. The third-order valence-electron chi connectivity index (χ3n) is 3.30. The molecule has 0 bridgehead atoms. The van der Waals surface area contributed by atoms with Crippen LogP contribution in [-0.4, -0.2) is 24.4 Å². The molecular formula is C15H20N2O2. The molecule has 0 saturated carbocycles. The number of hydrogen-bond acceptors (Lipinski definition) is 2. The minimum atomic E-state index is -0.538. The first kappa shape index (κ1) is 13.6. The normalized spacial score (nSPS) is 19.1. The van der Waals surface area contributed by atoms with Crippen molar-refractivity contribution in [2.24, 2.45) is 5.92 Å². The van der Waals surface area contributed by atoms with Crippen molar-refractivity contribution in [1.29, 1.82) is 0 Å². The van der Waals surface area contributed by atoms with Crippen molar-refractivity contribution in [2.75, 3.05) is 11.4 Å². The van der Waals surface area contributed by atoms with Gasteiger partial charge in [0.25, 0.3) is 0 Å². The zero-order chi connectivity index (χ0) is 14.0. The molecule has 4 nitrogen and oxygen atoms in total. The molecule has 1 aromatic carbocycles. The molecule has 0 unspecified atom stereocenters. The topological polar surface area (TPSA) is 49.4 Å². The van der Waals surface area contributed by atoms with Crippen molar-refractivity contribution >= 4 is 17.5 Å². The van der Waals surface area contributed by atoms with E-state index in [0.29, 0.717) is 13.0 Å². The van der Waals surface area contributed by atoms with Gasteiger partial charge in [-0.05, 0) is 39.3 Å². The Labute approximate surface area is 113 Å². The summed E-state index contributed by atoms with van der Waals surface area (Å²) in [6.07, 6.45) is 0.589. The van der Waals surface area contributed by atoms with Gasteiger partial charge in [-0.2, -0.15) is 0 Å². The van der Waals surface area contributed by atoms with E-state index in [-0.39, 0.29) is 17.9 Å². The van der Waals surface area contributed by atoms with Gasteiger partial charge in [-0.25, -0.2) is 0 Å². The number of hydrogen-bond donors (Lipinski definition) is 1. The zero-order valence-corrected chi connectivity index (χ0v) is 11.6. The summed E-state index contributed by atoms with van der Waals surface area (Å²) in [6, 6.07) is 7.87. The predicted molar refractivity (Wildman–Crippen MR) is 74.9 cm³/mol. The summed E-state index contributed by atoms with van der Waals surface area (Å²) in [6.45, 7) is 6.41. The third kappa shape index (κ3) is 2.95. The molecule has 1 aliphatic heterocycles. The minimum absolute atomic E-state index is 0.0636. The van der Waals surface area contributed by atoms with E-state index in [0.717, 1.165) is 11.3 Å². The quantitative estimate of drug-likeness (QED) is 0.843. The second-order valence-corrected chi connectivity index (χ2v) is 5.33. The van der Waals surface area contributed by atoms with Gasteiger partial charge in [-0.1, -0.05) is 17.7 Å². The van der Waals surface area contributed by atoms with Crippen LogP contribution in [0.15, 0.2) is 24.3 Å². The summed E-state index contributed by atoms with van der Waals surface area (Å²) in [4.78, 5) is 25.9. The molecule has 1 heterocycles. The number of carbonyl (C=O) groups is 2. The van der Waals surface area contributed by atoms with E-state index in [9.17, 15) is 9.59 Å². The Morgan fingerprint density at radius 2 is 1.95 bits per heavy atom. The van der Waals surface area contributed by atoms with Crippen molar-refractivity contribution in [2.45, 2.75) is 33.2 Å². The molecule has 1 aliphatic rings. The number of anilines is 1. The Bertz CT molecular complexity index is 479. The highest BCUT2D eigenvalue weighted by atomic mass is 16.2. The van der Waals surface area contributed by atoms with Crippen LogP contribution in [-0.2, 0) is 9.59 Å². The van der Waals surface area contributed by atoms with Gasteiger partial charge in [0.1, 0.15) is 5.92 Å². The van der Waals surface area contributed by atoms with Crippen LogP contribution in [0, 0.1) is 12.8 Å². The number of aryl methyl sites for hydroxylation is 1. The smallest absolute Gasteiger partial charge is 0.239 e. The van der Waals surface area contributed by atoms with Crippen LogP contribution in [0.4, 0.5) is 5.69 Å². The molecular weight excluding hydrogens is 240 g/mol. The average molecular weight is 260 g/mol. The van der Waals surface area contributed by atoms with E-state index in [1.807, 2.05) is 45.0 Å². The molecule has 102 valence electrons. The Morgan fingerprint density at radius 3 is 2.53 bits per heavy atom. The van der Waals surface area contributed by atoms with Gasteiger partial charge in [0.2, 0.25) is 11.8 Å². The van der Waals surface area contributed by atoms with Gasteiger partial charge >= 0.3 is 0 Å². The zero-order valence-electron chi connectivity index (χ0n) is 11.6. The van der Waals surface area contributed by atoms with Crippen LogP contribution in [0.25, 0.3) is 0 Å². The Hall–Kier alpha value is -1.84. The molecule has 1 saturated heterocycles. The lowest BCUT2D eigenvalue weighted by atomic mass is 10.1. The van der Waals surface area contributed by atoms with Crippen LogP contribution in [0.3, 0.4) is 0 Å². The fourth-order valence-electron chi connectivity index (χ4n) is 2.29. The van der Waals surface area contributed by atoms with Crippen LogP contribution in [0.1, 0.15) is 25.8 Å². The molecule has 0 aliphatic carbocycles. The van der Waals surface area contributed by atoms with E-state index < -0.39 is 5.92 Å². The largest absolute Gasteiger partial charge is 0.353 e. The highest BCUT2D eigenvalue weighted by Gasteiger charge is 2.37. The van der Waals surface area contributed by atoms with E-state index in [2.05, 4.69) is 5.32 Å². The molecule has 4 heteroatoms. The standard InChI is InChI=1S/C15H20N2O2/c1-10(2)16-14(18)13-8-9-17(15(13)19)12-6-4-11(3)5-7-12/h4-7,10,13H,8-9H2,1-3H3,(H,16,18)/t13-/m0/s1. The van der Waals surface area contributed by atoms with Gasteiger partial charge in [-0.3, -0.25) is 9.59 Å². The maximum atomic E-state index is 12.3. The summed E-state index contributed by atoms with van der Waals surface area (Å²) >= 11 is 0. The number of rotatable bonds is 3. The van der Waals surface area contributed by atoms with Crippen LogP contribution in [0.2, 0.25) is 0 Å². The Balaban J connectivity index is 2.09. The van der Waals surface area contributed by atoms with Crippen molar-refractivity contribution in [1.82, 2.24) is 5.32 Å². The lowest BCUT2D eigenvalue weighted by molar-refractivity contribution is -0.132. The molecule has 0 aromatic heterocycles. The fourth-order valence-corrected chi connectivity index (χ4v) is 2.29. The van der Waals surface area contributed by atoms with E-state index in [1.54, 1.807) is 4.90 Å². The molecule has 1 N–H and O–H groups in total. The second-order valence-electron chi connectivity index (χ2n) is 5.33. The van der Waals surface area contributed by atoms with Crippen LogP contribution >= 0.6 is 0 Å². The monoisotopic (exact) mass is 260 g/mol. The van der Waals surface area contributed by atoms with Crippen LogP contribution in [0.5, 0.6) is 0 Å². The summed E-state index contributed by atoms with van der Waals surface area (Å²) in [5.74, 6) is -0.791. The molecule has 0 radical (unpaired) electrons. The van der Waals surface area contributed by atoms with Gasteiger partial charge in [0, 0.05) is 18.3 Å². The molecule has 1 atom stereocenters. The fraction of sp³-hybridized carbons (Fsp3) is 0.467. The summed E-state index contributed by atoms with van der Waals surface area (Å²) in [5, 5.41) is 2.81. The second kappa shape index (κ2) is 5.43. The maximum absolute atomic E-state index is 12.3. The van der Waals surface area contributed by atoms with Crippen molar-refractivity contribution in [3.63, 3.8) is 0 Å². The Morgan fingerprint density at radius 1 is 1.32 bits per heavy atom. The summed E-state index contributed by atoms with van der Waals surface area (Å²) in [7, 11) is 0. The van der Waals surface area contributed by atoms with Crippen molar-refractivity contribution < 1.29 is 9.59 Å². The van der Waals surface area contributed by atoms with E-state index >= 15 is 0 Å². The molecule has 2 rings (SSSR count). The van der Waals surface area contributed by atoms with Gasteiger partial charge in [-0.15, -0.1) is 0 Å². The first-order valence-electron chi connectivity index (χ1n) is 6.67. The molecule has 1 fully saturated rings. The highest BCUT2D eigenvalue weighted by Crippen LogP contribution is 2.25. The molecule has 2 amide bonds. The average Bonchev–Trinajstić information content (AvgIpc) is 2.71. The number of nitrogens with one attached hydrogen (secondary N) is 1. The van der Waals surface area contributed by atoms with Gasteiger partial charge in [0.05, 0.1) is 0 Å². The number of carbonyl (C=O) groups excluding carboxylic acids is 2. The third-order valence-corrected chi connectivity index (χ3v) is 3.30. The van der Waals surface area contributed by atoms with E-state index in [4.69, 9.17) is 0 Å². The highest BCUT2D eigenvalue weighted by molar-refractivity contribution is 6.09. The van der Waals surface area contributed by atoms with Gasteiger partial charge in [0.15, 0.2) is 0 Å². The molecule has 0 spiro atoms. The molecule has 19 heavy (non-hydrogen) atoms. The van der Waals surface area contributed by atoms with Gasteiger partial charge < -0.3 is 10.2 Å². The number of amides is 2. The number of nitrogens with zero attached hydrogens (tertiary/aromatic N) is 1. The van der Waals surface area contributed by atoms with Crippen molar-refractivity contribution in [3.8, 4) is 0 Å². The van der Waals surface area contributed by atoms with Crippen molar-refractivity contribution in [3.05, 3.63) is 29.8 Å².